The monoisotopic (exact) mass is 262 g/mol. The van der Waals surface area contributed by atoms with E-state index in [1.54, 1.807) is 7.11 Å². The van der Waals surface area contributed by atoms with Gasteiger partial charge in [0.25, 0.3) is 0 Å². The van der Waals surface area contributed by atoms with Crippen molar-refractivity contribution in [1.82, 2.24) is 10.2 Å². The maximum absolute atomic E-state index is 11.8. The lowest BCUT2D eigenvalue weighted by Gasteiger charge is -2.23. The van der Waals surface area contributed by atoms with Crippen LogP contribution in [0.5, 0.6) is 0 Å². The average Bonchev–Trinajstić information content (AvgIpc) is 2.31. The fraction of sp³-hybridized carbons (Fsp3) is 0.818. The molecule has 0 radical (unpaired) electrons. The number of nitrogens with one attached hydrogen (secondary N) is 1. The highest BCUT2D eigenvalue weighted by atomic mass is 16.5. The Labute approximate surface area is 107 Å². The minimum atomic E-state index is -1.05. The van der Waals surface area contributed by atoms with E-state index >= 15 is 0 Å². The molecule has 0 aromatic carbocycles. The zero-order valence-corrected chi connectivity index (χ0v) is 11.1. The number of ether oxygens (including phenoxy) is 2. The van der Waals surface area contributed by atoms with E-state index in [0.717, 1.165) is 0 Å². The molecule has 0 saturated heterocycles. The van der Waals surface area contributed by atoms with Crippen molar-refractivity contribution in [3.05, 3.63) is 0 Å². The third-order valence-corrected chi connectivity index (χ3v) is 2.30. The van der Waals surface area contributed by atoms with Crippen molar-refractivity contribution in [3.63, 3.8) is 0 Å². The largest absolute Gasteiger partial charge is 0.480 e. The van der Waals surface area contributed by atoms with E-state index in [4.69, 9.17) is 14.6 Å². The molecule has 18 heavy (non-hydrogen) atoms. The summed E-state index contributed by atoms with van der Waals surface area (Å²) in [7, 11) is 3.09. The van der Waals surface area contributed by atoms with Gasteiger partial charge in [0.2, 0.25) is 0 Å². The van der Waals surface area contributed by atoms with Gasteiger partial charge in [-0.05, 0) is 13.3 Å². The van der Waals surface area contributed by atoms with E-state index in [9.17, 15) is 9.59 Å². The van der Waals surface area contributed by atoms with Gasteiger partial charge in [-0.15, -0.1) is 0 Å². The van der Waals surface area contributed by atoms with Crippen LogP contribution in [0.1, 0.15) is 13.3 Å². The Morgan fingerprint density at radius 1 is 1.28 bits per heavy atom. The van der Waals surface area contributed by atoms with Crippen LogP contribution < -0.4 is 5.32 Å². The molecule has 0 aliphatic rings. The van der Waals surface area contributed by atoms with Crippen molar-refractivity contribution in [2.45, 2.75) is 19.4 Å². The SMILES string of the molecule is COCCC(C)NC(=O)N(CCOC)CC(=O)O. The first-order valence-corrected chi connectivity index (χ1v) is 5.76. The van der Waals surface area contributed by atoms with Gasteiger partial charge < -0.3 is 24.8 Å². The number of amides is 2. The second-order valence-electron chi connectivity index (χ2n) is 3.94. The minimum Gasteiger partial charge on any atom is -0.480 e. The molecular weight excluding hydrogens is 240 g/mol. The standard InChI is InChI=1S/C11H22N2O5/c1-9(4-6-17-2)12-11(16)13(5-7-18-3)8-10(14)15/h9H,4-8H2,1-3H3,(H,12,16)(H,14,15). The second-order valence-corrected chi connectivity index (χ2v) is 3.94. The first-order valence-electron chi connectivity index (χ1n) is 5.76. The van der Waals surface area contributed by atoms with Gasteiger partial charge in [0.15, 0.2) is 0 Å². The van der Waals surface area contributed by atoms with Crippen LogP contribution in [0, 0.1) is 0 Å². The number of rotatable bonds is 9. The average molecular weight is 262 g/mol. The fourth-order valence-electron chi connectivity index (χ4n) is 1.29. The minimum absolute atomic E-state index is 0.0729. The zero-order valence-electron chi connectivity index (χ0n) is 11.1. The maximum Gasteiger partial charge on any atom is 0.323 e. The van der Waals surface area contributed by atoms with Crippen LogP contribution >= 0.6 is 0 Å². The normalized spacial score (nSPS) is 11.9. The van der Waals surface area contributed by atoms with Gasteiger partial charge in [0.05, 0.1) is 6.61 Å². The number of hydrogen-bond acceptors (Lipinski definition) is 4. The van der Waals surface area contributed by atoms with Crippen LogP contribution in [0.2, 0.25) is 0 Å². The van der Waals surface area contributed by atoms with Crippen molar-refractivity contribution in [2.75, 3.05) is 40.5 Å². The van der Waals surface area contributed by atoms with Crippen LogP contribution in [-0.4, -0.2) is 68.6 Å². The lowest BCUT2D eigenvalue weighted by molar-refractivity contribution is -0.137. The Morgan fingerprint density at radius 2 is 1.89 bits per heavy atom. The highest BCUT2D eigenvalue weighted by Gasteiger charge is 2.17. The molecule has 2 N–H and O–H groups in total. The third-order valence-electron chi connectivity index (χ3n) is 2.30. The van der Waals surface area contributed by atoms with Crippen LogP contribution in [-0.2, 0) is 14.3 Å². The summed E-state index contributed by atoms with van der Waals surface area (Å²) in [5, 5.41) is 11.4. The van der Waals surface area contributed by atoms with Crippen molar-refractivity contribution >= 4 is 12.0 Å². The van der Waals surface area contributed by atoms with Gasteiger partial charge in [0.1, 0.15) is 6.54 Å². The molecule has 0 bridgehead atoms. The lowest BCUT2D eigenvalue weighted by Crippen LogP contribution is -2.47. The van der Waals surface area contributed by atoms with Gasteiger partial charge in [0, 0.05) is 33.4 Å². The number of hydrogen-bond donors (Lipinski definition) is 2. The van der Waals surface area contributed by atoms with Crippen molar-refractivity contribution in [2.24, 2.45) is 0 Å². The number of urea groups is 1. The Balaban J connectivity index is 4.22. The summed E-state index contributed by atoms with van der Waals surface area (Å²) in [6, 6.07) is -0.477. The van der Waals surface area contributed by atoms with Crippen LogP contribution in [0.3, 0.4) is 0 Å². The van der Waals surface area contributed by atoms with Gasteiger partial charge in [-0.2, -0.15) is 0 Å². The quantitative estimate of drug-likeness (QED) is 0.617. The highest BCUT2D eigenvalue weighted by molar-refractivity contribution is 5.80. The number of carbonyl (C=O) groups is 2. The Morgan fingerprint density at radius 3 is 2.39 bits per heavy atom. The number of methoxy groups -OCH3 is 2. The van der Waals surface area contributed by atoms with Gasteiger partial charge in [-0.3, -0.25) is 4.79 Å². The van der Waals surface area contributed by atoms with Crippen LogP contribution in [0.4, 0.5) is 4.79 Å². The number of aliphatic carboxylic acids is 1. The topological polar surface area (TPSA) is 88.1 Å². The van der Waals surface area contributed by atoms with Crippen LogP contribution in [0.15, 0.2) is 0 Å². The molecule has 2 amide bonds. The molecule has 0 rings (SSSR count). The molecule has 7 heteroatoms. The zero-order chi connectivity index (χ0) is 14.0. The van der Waals surface area contributed by atoms with E-state index in [2.05, 4.69) is 5.32 Å². The fourth-order valence-corrected chi connectivity index (χ4v) is 1.29. The summed E-state index contributed by atoms with van der Waals surface area (Å²) >= 11 is 0. The lowest BCUT2D eigenvalue weighted by atomic mass is 10.2. The molecule has 0 heterocycles. The van der Waals surface area contributed by atoms with Crippen molar-refractivity contribution in [1.29, 1.82) is 0 Å². The Bertz CT molecular complexity index is 260. The maximum atomic E-state index is 11.8. The third kappa shape index (κ3) is 7.86. The number of nitrogens with zero attached hydrogens (tertiary/aromatic N) is 1. The predicted molar refractivity (Wildman–Crippen MR) is 65.6 cm³/mol. The van der Waals surface area contributed by atoms with Gasteiger partial charge in [-0.1, -0.05) is 0 Å². The van der Waals surface area contributed by atoms with E-state index in [-0.39, 0.29) is 19.1 Å². The summed E-state index contributed by atoms with van der Waals surface area (Å²) in [5.74, 6) is -1.05. The molecule has 0 saturated carbocycles. The van der Waals surface area contributed by atoms with Crippen LogP contribution in [0.25, 0.3) is 0 Å². The molecule has 0 aromatic heterocycles. The van der Waals surface area contributed by atoms with Gasteiger partial charge >= 0.3 is 12.0 Å². The smallest absolute Gasteiger partial charge is 0.323 e. The molecule has 0 spiro atoms. The molecule has 0 aliphatic heterocycles. The Kier molecular flexibility index (Phi) is 8.95. The van der Waals surface area contributed by atoms with E-state index in [0.29, 0.717) is 19.6 Å². The highest BCUT2D eigenvalue weighted by Crippen LogP contribution is 1.96. The summed E-state index contributed by atoms with van der Waals surface area (Å²) in [5.41, 5.74) is 0. The van der Waals surface area contributed by atoms with Gasteiger partial charge in [-0.25, -0.2) is 4.79 Å². The number of carboxylic acid groups (broad SMARTS) is 1. The number of carboxylic acids is 1. The molecule has 1 atom stereocenters. The van der Waals surface area contributed by atoms with Crippen molar-refractivity contribution in [3.8, 4) is 0 Å². The second kappa shape index (κ2) is 9.67. The van der Waals surface area contributed by atoms with Crippen molar-refractivity contribution < 1.29 is 24.2 Å². The summed E-state index contributed by atoms with van der Waals surface area (Å²) < 4.78 is 9.74. The molecule has 1 unspecified atom stereocenters. The Hall–Kier alpha value is -1.34. The summed E-state index contributed by atoms with van der Waals surface area (Å²) in [6.07, 6.45) is 0.674. The molecule has 106 valence electrons. The first-order chi connectivity index (χ1) is 8.51. The summed E-state index contributed by atoms with van der Waals surface area (Å²) in [6.45, 7) is 2.58. The predicted octanol–water partition coefficient (Wildman–Crippen LogP) is 0.154. The molecule has 0 aromatic rings. The molecule has 7 nitrogen and oxygen atoms in total. The molecular formula is C11H22N2O5. The first kappa shape index (κ1) is 16.7. The van der Waals surface area contributed by atoms with E-state index in [1.807, 2.05) is 6.92 Å². The molecule has 0 fully saturated rings. The molecule has 0 aliphatic carbocycles. The van der Waals surface area contributed by atoms with E-state index < -0.39 is 12.0 Å². The van der Waals surface area contributed by atoms with E-state index in [1.165, 1.54) is 12.0 Å². The summed E-state index contributed by atoms with van der Waals surface area (Å²) in [4.78, 5) is 23.7. The number of carbonyl (C=O) groups excluding carboxylic acids is 1.